The molecule has 2 aromatic rings. The van der Waals surface area contributed by atoms with Crippen molar-refractivity contribution in [1.82, 2.24) is 20.4 Å². The molecular weight excluding hydrogens is 204 g/mol. The lowest BCUT2D eigenvalue weighted by Crippen LogP contribution is -2.14. The van der Waals surface area contributed by atoms with E-state index in [0.29, 0.717) is 24.8 Å². The van der Waals surface area contributed by atoms with Gasteiger partial charge in [-0.25, -0.2) is 0 Å². The van der Waals surface area contributed by atoms with Crippen LogP contribution in [0.1, 0.15) is 23.0 Å². The number of aryl methyl sites for hydroxylation is 2. The summed E-state index contributed by atoms with van der Waals surface area (Å²) >= 11 is 0. The van der Waals surface area contributed by atoms with E-state index in [2.05, 4.69) is 20.4 Å². The highest BCUT2D eigenvalue weighted by Gasteiger charge is 2.03. The fourth-order valence-corrected chi connectivity index (χ4v) is 1.40. The van der Waals surface area contributed by atoms with Crippen molar-refractivity contribution < 1.29 is 4.52 Å². The topological polar surface area (TPSA) is 63.8 Å². The molecular formula is C11H14N4O. The first-order valence-corrected chi connectivity index (χ1v) is 5.16. The van der Waals surface area contributed by atoms with Crippen LogP contribution in [0.4, 0.5) is 0 Å². The van der Waals surface area contributed by atoms with Gasteiger partial charge < -0.3 is 9.84 Å². The van der Waals surface area contributed by atoms with E-state index in [1.807, 2.05) is 19.1 Å². The zero-order valence-corrected chi connectivity index (χ0v) is 9.40. The van der Waals surface area contributed by atoms with Gasteiger partial charge in [0.1, 0.15) is 0 Å². The summed E-state index contributed by atoms with van der Waals surface area (Å²) in [5.74, 6) is 1.26. The highest BCUT2D eigenvalue weighted by molar-refractivity contribution is 5.17. The minimum absolute atomic E-state index is 0.566. The van der Waals surface area contributed by atoms with Gasteiger partial charge in [-0.1, -0.05) is 11.2 Å². The van der Waals surface area contributed by atoms with Gasteiger partial charge in [-0.15, -0.1) is 0 Å². The van der Waals surface area contributed by atoms with Gasteiger partial charge in [-0.2, -0.15) is 4.98 Å². The monoisotopic (exact) mass is 218 g/mol. The minimum Gasteiger partial charge on any atom is -0.338 e. The van der Waals surface area contributed by atoms with Crippen LogP contribution in [0.25, 0.3) is 0 Å². The smallest absolute Gasteiger partial charge is 0.240 e. The van der Waals surface area contributed by atoms with Crippen molar-refractivity contribution in [2.45, 2.75) is 26.9 Å². The molecule has 2 heterocycles. The highest BCUT2D eigenvalue weighted by Crippen LogP contribution is 2.03. The standard InChI is InChI=1S/C11H14N4O/c1-8-4-3-5-13-10(8)6-12-7-11-14-9(2)15-16-11/h3-5,12H,6-7H2,1-2H3. The molecule has 16 heavy (non-hydrogen) atoms. The molecule has 0 aliphatic rings. The van der Waals surface area contributed by atoms with Crippen LogP contribution < -0.4 is 5.32 Å². The number of hydrogen-bond donors (Lipinski definition) is 1. The summed E-state index contributed by atoms with van der Waals surface area (Å²) in [7, 11) is 0. The maximum Gasteiger partial charge on any atom is 0.240 e. The number of rotatable bonds is 4. The SMILES string of the molecule is Cc1noc(CNCc2ncccc2C)n1. The molecule has 0 saturated carbocycles. The predicted octanol–water partition coefficient (Wildman–Crippen LogP) is 1.37. The summed E-state index contributed by atoms with van der Waals surface area (Å²) in [4.78, 5) is 8.39. The van der Waals surface area contributed by atoms with E-state index in [1.165, 1.54) is 5.56 Å². The van der Waals surface area contributed by atoms with Crippen molar-refractivity contribution in [2.75, 3.05) is 0 Å². The number of pyridine rings is 1. The van der Waals surface area contributed by atoms with Gasteiger partial charge in [0.15, 0.2) is 5.82 Å². The van der Waals surface area contributed by atoms with Gasteiger partial charge in [-0.3, -0.25) is 4.98 Å². The molecule has 0 fully saturated rings. The first-order chi connectivity index (χ1) is 7.75. The molecule has 5 heteroatoms. The van der Waals surface area contributed by atoms with E-state index >= 15 is 0 Å². The summed E-state index contributed by atoms with van der Waals surface area (Å²) in [6.07, 6.45) is 1.79. The summed E-state index contributed by atoms with van der Waals surface area (Å²) in [5, 5.41) is 6.93. The molecule has 1 N–H and O–H groups in total. The first-order valence-electron chi connectivity index (χ1n) is 5.16. The summed E-state index contributed by atoms with van der Waals surface area (Å²) in [5.41, 5.74) is 2.22. The van der Waals surface area contributed by atoms with Crippen LogP contribution in [-0.2, 0) is 13.1 Å². The highest BCUT2D eigenvalue weighted by atomic mass is 16.5. The molecule has 0 bridgehead atoms. The van der Waals surface area contributed by atoms with Crippen LogP contribution in [0.2, 0.25) is 0 Å². The van der Waals surface area contributed by atoms with Crippen molar-refractivity contribution in [2.24, 2.45) is 0 Å². The van der Waals surface area contributed by atoms with Gasteiger partial charge >= 0.3 is 0 Å². The molecule has 0 spiro atoms. The summed E-state index contributed by atoms with van der Waals surface area (Å²) in [6, 6.07) is 3.97. The average Bonchev–Trinajstić information content (AvgIpc) is 2.67. The first kappa shape index (κ1) is 10.8. The summed E-state index contributed by atoms with van der Waals surface area (Å²) in [6.45, 7) is 5.11. The van der Waals surface area contributed by atoms with E-state index < -0.39 is 0 Å². The molecule has 0 atom stereocenters. The predicted molar refractivity (Wildman–Crippen MR) is 58.6 cm³/mol. The Kier molecular flexibility index (Phi) is 3.26. The molecule has 2 rings (SSSR count). The number of nitrogens with one attached hydrogen (secondary N) is 1. The third kappa shape index (κ3) is 2.64. The molecule has 0 aliphatic heterocycles. The molecule has 2 aromatic heterocycles. The van der Waals surface area contributed by atoms with E-state index in [4.69, 9.17) is 4.52 Å². The van der Waals surface area contributed by atoms with Gasteiger partial charge in [0.05, 0.1) is 12.2 Å². The Bertz CT molecular complexity index is 467. The largest absolute Gasteiger partial charge is 0.338 e. The van der Waals surface area contributed by atoms with Crippen molar-refractivity contribution >= 4 is 0 Å². The summed E-state index contributed by atoms with van der Waals surface area (Å²) < 4.78 is 4.99. The Hall–Kier alpha value is -1.75. The number of hydrogen-bond acceptors (Lipinski definition) is 5. The van der Waals surface area contributed by atoms with E-state index in [1.54, 1.807) is 13.1 Å². The van der Waals surface area contributed by atoms with Crippen molar-refractivity contribution in [3.05, 3.63) is 41.3 Å². The molecule has 0 aliphatic carbocycles. The molecule has 84 valence electrons. The zero-order chi connectivity index (χ0) is 11.4. The Morgan fingerprint density at radius 1 is 1.31 bits per heavy atom. The third-order valence-electron chi connectivity index (χ3n) is 2.26. The number of nitrogens with zero attached hydrogens (tertiary/aromatic N) is 3. The molecule has 0 aromatic carbocycles. The van der Waals surface area contributed by atoms with Gasteiger partial charge in [0.2, 0.25) is 5.89 Å². The quantitative estimate of drug-likeness (QED) is 0.839. The minimum atomic E-state index is 0.566. The lowest BCUT2D eigenvalue weighted by atomic mass is 10.2. The van der Waals surface area contributed by atoms with E-state index in [9.17, 15) is 0 Å². The van der Waals surface area contributed by atoms with Crippen LogP contribution in [0, 0.1) is 13.8 Å². The van der Waals surface area contributed by atoms with Crippen molar-refractivity contribution in [3.8, 4) is 0 Å². The molecule has 0 amide bonds. The van der Waals surface area contributed by atoms with Crippen LogP contribution in [0.3, 0.4) is 0 Å². The van der Waals surface area contributed by atoms with Crippen LogP contribution in [0.5, 0.6) is 0 Å². The van der Waals surface area contributed by atoms with Crippen LogP contribution >= 0.6 is 0 Å². The lowest BCUT2D eigenvalue weighted by molar-refractivity contribution is 0.363. The second-order valence-corrected chi connectivity index (χ2v) is 3.61. The van der Waals surface area contributed by atoms with Gasteiger partial charge in [-0.05, 0) is 25.5 Å². The zero-order valence-electron chi connectivity index (χ0n) is 9.40. The second kappa shape index (κ2) is 4.85. The normalized spacial score (nSPS) is 10.6. The van der Waals surface area contributed by atoms with Crippen LogP contribution in [0.15, 0.2) is 22.9 Å². The lowest BCUT2D eigenvalue weighted by Gasteiger charge is -2.03. The Balaban J connectivity index is 1.87. The van der Waals surface area contributed by atoms with Crippen molar-refractivity contribution in [3.63, 3.8) is 0 Å². The molecule has 0 radical (unpaired) electrons. The Morgan fingerprint density at radius 3 is 2.88 bits per heavy atom. The van der Waals surface area contributed by atoms with Crippen LogP contribution in [-0.4, -0.2) is 15.1 Å². The van der Waals surface area contributed by atoms with E-state index in [-0.39, 0.29) is 0 Å². The van der Waals surface area contributed by atoms with E-state index in [0.717, 1.165) is 5.69 Å². The fraction of sp³-hybridized carbons (Fsp3) is 0.364. The Morgan fingerprint density at radius 2 is 2.19 bits per heavy atom. The fourth-order valence-electron chi connectivity index (χ4n) is 1.40. The maximum absolute atomic E-state index is 4.99. The van der Waals surface area contributed by atoms with Gasteiger partial charge in [0.25, 0.3) is 0 Å². The molecule has 0 unspecified atom stereocenters. The average molecular weight is 218 g/mol. The molecule has 5 nitrogen and oxygen atoms in total. The Labute approximate surface area is 93.9 Å². The van der Waals surface area contributed by atoms with Gasteiger partial charge in [0, 0.05) is 12.7 Å². The molecule has 0 saturated heterocycles. The third-order valence-corrected chi connectivity index (χ3v) is 2.26. The van der Waals surface area contributed by atoms with Crippen molar-refractivity contribution in [1.29, 1.82) is 0 Å². The maximum atomic E-state index is 4.99. The second-order valence-electron chi connectivity index (χ2n) is 3.61. The number of aromatic nitrogens is 3.